The van der Waals surface area contributed by atoms with Crippen molar-refractivity contribution in [2.24, 2.45) is 17.8 Å². The summed E-state index contributed by atoms with van der Waals surface area (Å²) in [7, 11) is 0. The molecule has 21 heavy (non-hydrogen) atoms. The molecule has 2 fully saturated rings. The Bertz CT molecular complexity index is 364. The molecule has 1 saturated carbocycles. The maximum atomic E-state index is 12.2. The highest BCUT2D eigenvalue weighted by Crippen LogP contribution is 2.37. The molecule has 1 aliphatic carbocycles. The van der Waals surface area contributed by atoms with E-state index in [1.54, 1.807) is 0 Å². The van der Waals surface area contributed by atoms with Crippen LogP contribution in [0.5, 0.6) is 0 Å². The summed E-state index contributed by atoms with van der Waals surface area (Å²) in [5.41, 5.74) is -0.407. The van der Waals surface area contributed by atoms with Gasteiger partial charge in [-0.05, 0) is 71.3 Å². The molecule has 0 aromatic carbocycles. The minimum atomic E-state index is -0.407. The van der Waals surface area contributed by atoms with E-state index in [1.807, 2.05) is 25.7 Å². The smallest absolute Gasteiger partial charge is 0.410 e. The molecule has 1 N–H and O–H groups in total. The fraction of sp³-hybridized carbons (Fsp3) is 0.941. The molecule has 4 atom stereocenters. The van der Waals surface area contributed by atoms with Crippen LogP contribution in [0, 0.1) is 17.8 Å². The van der Waals surface area contributed by atoms with Gasteiger partial charge in [-0.15, -0.1) is 0 Å². The van der Waals surface area contributed by atoms with Crippen molar-refractivity contribution in [2.75, 3.05) is 19.6 Å². The summed E-state index contributed by atoms with van der Waals surface area (Å²) in [4.78, 5) is 14.1. The van der Waals surface area contributed by atoms with Crippen LogP contribution < -0.4 is 5.32 Å². The lowest BCUT2D eigenvalue weighted by atomic mass is 9.91. The van der Waals surface area contributed by atoms with E-state index in [1.165, 1.54) is 12.8 Å². The van der Waals surface area contributed by atoms with E-state index in [4.69, 9.17) is 4.74 Å². The Morgan fingerprint density at radius 3 is 2.67 bits per heavy atom. The minimum Gasteiger partial charge on any atom is -0.444 e. The molecule has 122 valence electrons. The van der Waals surface area contributed by atoms with E-state index in [0.717, 1.165) is 37.9 Å². The summed E-state index contributed by atoms with van der Waals surface area (Å²) in [6.07, 6.45) is 3.49. The van der Waals surface area contributed by atoms with E-state index in [9.17, 15) is 4.79 Å². The Morgan fingerprint density at radius 2 is 2.10 bits per heavy atom. The molecule has 1 amide bonds. The van der Waals surface area contributed by atoms with Crippen molar-refractivity contribution in [3.8, 4) is 0 Å². The quantitative estimate of drug-likeness (QED) is 0.865. The highest BCUT2D eigenvalue weighted by atomic mass is 16.6. The maximum Gasteiger partial charge on any atom is 0.410 e. The lowest BCUT2D eigenvalue weighted by Gasteiger charge is -2.36. The average molecular weight is 296 g/mol. The second kappa shape index (κ2) is 6.55. The first-order valence-electron chi connectivity index (χ1n) is 8.47. The van der Waals surface area contributed by atoms with Gasteiger partial charge in [0, 0.05) is 19.1 Å². The van der Waals surface area contributed by atoms with Crippen LogP contribution in [0.4, 0.5) is 4.79 Å². The number of amides is 1. The highest BCUT2D eigenvalue weighted by molar-refractivity contribution is 5.68. The first-order valence-corrected chi connectivity index (χ1v) is 8.47. The minimum absolute atomic E-state index is 0.157. The largest absolute Gasteiger partial charge is 0.444 e. The lowest BCUT2D eigenvalue weighted by Crippen LogP contribution is -2.48. The van der Waals surface area contributed by atoms with Gasteiger partial charge in [-0.2, -0.15) is 0 Å². The van der Waals surface area contributed by atoms with Crippen LogP contribution in [0.3, 0.4) is 0 Å². The van der Waals surface area contributed by atoms with Crippen molar-refractivity contribution < 1.29 is 9.53 Å². The molecule has 0 bridgehead atoms. The molecular formula is C17H32N2O2. The molecule has 1 aliphatic heterocycles. The van der Waals surface area contributed by atoms with Crippen LogP contribution in [0.25, 0.3) is 0 Å². The SMILES string of the molecule is CC1CC1CNC(C)C1CCCN(C(=O)OC(C)(C)C)C1. The van der Waals surface area contributed by atoms with E-state index < -0.39 is 5.60 Å². The molecule has 0 aromatic rings. The van der Waals surface area contributed by atoms with Gasteiger partial charge in [-0.25, -0.2) is 4.79 Å². The van der Waals surface area contributed by atoms with Crippen LogP contribution in [-0.2, 0) is 4.74 Å². The molecule has 0 aromatic heterocycles. The van der Waals surface area contributed by atoms with Gasteiger partial charge in [0.1, 0.15) is 5.60 Å². The third-order valence-corrected chi connectivity index (χ3v) is 4.79. The van der Waals surface area contributed by atoms with Crippen LogP contribution >= 0.6 is 0 Å². The van der Waals surface area contributed by atoms with Crippen LogP contribution in [0.2, 0.25) is 0 Å². The zero-order valence-electron chi connectivity index (χ0n) is 14.3. The number of piperidine rings is 1. The zero-order valence-corrected chi connectivity index (χ0v) is 14.3. The van der Waals surface area contributed by atoms with Crippen LogP contribution in [0.1, 0.15) is 53.9 Å². The first kappa shape index (κ1) is 16.6. The number of ether oxygens (including phenoxy) is 1. The average Bonchev–Trinajstić information content (AvgIpc) is 3.10. The number of nitrogens with one attached hydrogen (secondary N) is 1. The summed E-state index contributed by atoms with van der Waals surface area (Å²) in [5, 5.41) is 3.67. The van der Waals surface area contributed by atoms with Crippen molar-refractivity contribution in [1.82, 2.24) is 10.2 Å². The molecule has 4 unspecified atom stereocenters. The number of rotatable bonds is 4. The van der Waals surface area contributed by atoms with Gasteiger partial charge in [-0.1, -0.05) is 6.92 Å². The van der Waals surface area contributed by atoms with Crippen molar-refractivity contribution in [3.05, 3.63) is 0 Å². The Kier molecular flexibility index (Phi) is 5.18. The summed E-state index contributed by atoms with van der Waals surface area (Å²) in [5.74, 6) is 2.31. The first-order chi connectivity index (χ1) is 9.76. The summed E-state index contributed by atoms with van der Waals surface area (Å²) < 4.78 is 5.49. The van der Waals surface area contributed by atoms with E-state index in [2.05, 4.69) is 19.2 Å². The topological polar surface area (TPSA) is 41.6 Å². The van der Waals surface area contributed by atoms with Crippen molar-refractivity contribution in [1.29, 1.82) is 0 Å². The molecular weight excluding hydrogens is 264 g/mol. The molecule has 4 heteroatoms. The summed E-state index contributed by atoms with van der Waals surface area (Å²) >= 11 is 0. The van der Waals surface area contributed by atoms with Gasteiger partial charge < -0.3 is 15.0 Å². The zero-order chi connectivity index (χ0) is 15.6. The van der Waals surface area contributed by atoms with Gasteiger partial charge in [0.25, 0.3) is 0 Å². The van der Waals surface area contributed by atoms with E-state index in [0.29, 0.717) is 12.0 Å². The predicted molar refractivity (Wildman–Crippen MR) is 85.3 cm³/mol. The van der Waals surface area contributed by atoms with Crippen LogP contribution in [0.15, 0.2) is 0 Å². The third-order valence-electron chi connectivity index (χ3n) is 4.79. The van der Waals surface area contributed by atoms with Crippen molar-refractivity contribution in [2.45, 2.75) is 65.5 Å². The maximum absolute atomic E-state index is 12.2. The fourth-order valence-electron chi connectivity index (χ4n) is 3.10. The number of hydrogen-bond acceptors (Lipinski definition) is 3. The fourth-order valence-corrected chi connectivity index (χ4v) is 3.10. The monoisotopic (exact) mass is 296 g/mol. The molecule has 2 aliphatic rings. The van der Waals surface area contributed by atoms with Gasteiger partial charge in [0.2, 0.25) is 0 Å². The Hall–Kier alpha value is -0.770. The number of hydrogen-bond donors (Lipinski definition) is 1. The molecule has 1 saturated heterocycles. The van der Waals surface area contributed by atoms with Crippen LogP contribution in [-0.4, -0.2) is 42.3 Å². The Balaban J connectivity index is 1.77. The molecule has 1 heterocycles. The normalized spacial score (nSPS) is 30.9. The van der Waals surface area contributed by atoms with Gasteiger partial charge in [0.05, 0.1) is 0 Å². The second-order valence-electron chi connectivity index (χ2n) is 8.00. The number of nitrogens with zero attached hydrogens (tertiary/aromatic N) is 1. The molecule has 4 nitrogen and oxygen atoms in total. The van der Waals surface area contributed by atoms with Gasteiger partial charge >= 0.3 is 6.09 Å². The van der Waals surface area contributed by atoms with Gasteiger partial charge in [0.15, 0.2) is 0 Å². The Labute approximate surface area is 129 Å². The van der Waals surface area contributed by atoms with Crippen molar-refractivity contribution >= 4 is 6.09 Å². The number of carbonyl (C=O) groups excluding carboxylic acids is 1. The Morgan fingerprint density at radius 1 is 1.43 bits per heavy atom. The van der Waals surface area contributed by atoms with Crippen molar-refractivity contribution in [3.63, 3.8) is 0 Å². The number of carbonyl (C=O) groups is 1. The van der Waals surface area contributed by atoms with E-state index >= 15 is 0 Å². The number of likely N-dealkylation sites (tertiary alicyclic amines) is 1. The molecule has 0 spiro atoms. The molecule has 2 rings (SSSR count). The highest BCUT2D eigenvalue weighted by Gasteiger charge is 2.34. The van der Waals surface area contributed by atoms with E-state index in [-0.39, 0.29) is 6.09 Å². The standard InChI is InChI=1S/C17H32N2O2/c1-12-9-15(12)10-18-13(2)14-7-6-8-19(11-14)16(20)21-17(3,4)5/h12-15,18H,6-11H2,1-5H3. The third kappa shape index (κ3) is 5.17. The summed E-state index contributed by atoms with van der Waals surface area (Å²) in [6.45, 7) is 13.1. The summed E-state index contributed by atoms with van der Waals surface area (Å²) in [6, 6.07) is 0.475. The lowest BCUT2D eigenvalue weighted by molar-refractivity contribution is 0.0148. The predicted octanol–water partition coefficient (Wildman–Crippen LogP) is 3.27. The molecule has 0 radical (unpaired) electrons. The van der Waals surface area contributed by atoms with Gasteiger partial charge in [-0.3, -0.25) is 0 Å². The second-order valence-corrected chi connectivity index (χ2v) is 8.00.